The van der Waals surface area contributed by atoms with Crippen molar-refractivity contribution in [1.29, 1.82) is 0 Å². The van der Waals surface area contributed by atoms with Gasteiger partial charge in [-0.05, 0) is 39.4 Å². The van der Waals surface area contributed by atoms with E-state index in [1.54, 1.807) is 12.1 Å². The van der Waals surface area contributed by atoms with Crippen LogP contribution in [0.3, 0.4) is 0 Å². The highest BCUT2D eigenvalue weighted by Crippen LogP contribution is 2.40. The molecule has 0 aliphatic carbocycles. The molecule has 1 aliphatic rings. The first-order valence-corrected chi connectivity index (χ1v) is 6.14. The van der Waals surface area contributed by atoms with E-state index in [2.05, 4.69) is 32.7 Å². The largest absolute Gasteiger partial charge is 0.508 e. The number of nitrogens with zero attached hydrogens (tertiary/aromatic N) is 1. The van der Waals surface area contributed by atoms with Gasteiger partial charge in [-0.1, -0.05) is 6.92 Å². The molecule has 17 heavy (non-hydrogen) atoms. The Hall–Kier alpha value is -1.22. The second-order valence-electron chi connectivity index (χ2n) is 5.33. The van der Waals surface area contributed by atoms with Crippen molar-refractivity contribution in [3.8, 4) is 11.5 Å². The third kappa shape index (κ3) is 2.12. The molecule has 2 rings (SSSR count). The average Bonchev–Trinajstić information content (AvgIpc) is 2.70. The van der Waals surface area contributed by atoms with Crippen molar-refractivity contribution in [2.75, 3.05) is 13.7 Å². The van der Waals surface area contributed by atoms with Crippen LogP contribution < -0.4 is 4.74 Å². The van der Waals surface area contributed by atoms with Gasteiger partial charge in [0.1, 0.15) is 18.1 Å². The van der Waals surface area contributed by atoms with Gasteiger partial charge in [0.05, 0.1) is 6.04 Å². The fourth-order valence-corrected chi connectivity index (χ4v) is 2.17. The first-order chi connectivity index (χ1) is 7.95. The van der Waals surface area contributed by atoms with Gasteiger partial charge in [0, 0.05) is 17.2 Å². The van der Waals surface area contributed by atoms with E-state index in [0.29, 0.717) is 6.61 Å². The van der Waals surface area contributed by atoms with Gasteiger partial charge in [-0.25, -0.2) is 0 Å². The van der Waals surface area contributed by atoms with Crippen LogP contribution in [-0.2, 0) is 0 Å². The van der Waals surface area contributed by atoms with Gasteiger partial charge in [-0.15, -0.1) is 0 Å². The smallest absolute Gasteiger partial charge is 0.127 e. The number of fused-ring (bicyclic) bond motifs is 1. The minimum absolute atomic E-state index is 0.146. The summed E-state index contributed by atoms with van der Waals surface area (Å²) in [6.07, 6.45) is 1.09. The molecule has 1 aliphatic heterocycles. The molecule has 1 heterocycles. The molecule has 3 heteroatoms. The van der Waals surface area contributed by atoms with Gasteiger partial charge in [0.15, 0.2) is 0 Å². The predicted molar refractivity (Wildman–Crippen MR) is 68.5 cm³/mol. The quantitative estimate of drug-likeness (QED) is 0.874. The summed E-state index contributed by atoms with van der Waals surface area (Å²) in [6.45, 7) is 7.35. The number of hydrogen-bond donors (Lipinski definition) is 1. The van der Waals surface area contributed by atoms with E-state index in [1.165, 1.54) is 5.56 Å². The van der Waals surface area contributed by atoms with Crippen LogP contribution in [0.5, 0.6) is 11.5 Å². The van der Waals surface area contributed by atoms with E-state index in [9.17, 15) is 5.11 Å². The molecule has 0 amide bonds. The van der Waals surface area contributed by atoms with Crippen LogP contribution in [0, 0.1) is 0 Å². The van der Waals surface area contributed by atoms with E-state index in [-0.39, 0.29) is 17.3 Å². The molecule has 94 valence electrons. The van der Waals surface area contributed by atoms with Crippen LogP contribution >= 0.6 is 0 Å². The third-order valence-electron chi connectivity index (χ3n) is 4.04. The lowest BCUT2D eigenvalue weighted by atomic mass is 9.95. The van der Waals surface area contributed by atoms with Crippen molar-refractivity contribution >= 4 is 0 Å². The lowest BCUT2D eigenvalue weighted by molar-refractivity contribution is 0.0823. The molecule has 1 N–H and O–H groups in total. The number of hydrogen-bond acceptors (Lipinski definition) is 3. The average molecular weight is 235 g/mol. The van der Waals surface area contributed by atoms with Gasteiger partial charge in [0.2, 0.25) is 0 Å². The highest BCUT2D eigenvalue weighted by molar-refractivity contribution is 5.44. The molecule has 0 saturated carbocycles. The highest BCUT2D eigenvalue weighted by atomic mass is 16.5. The zero-order valence-electron chi connectivity index (χ0n) is 11.0. The maximum absolute atomic E-state index is 9.43. The van der Waals surface area contributed by atoms with E-state index in [1.807, 2.05) is 6.07 Å². The number of benzene rings is 1. The summed E-state index contributed by atoms with van der Waals surface area (Å²) in [7, 11) is 2.14. The molecule has 0 aromatic heterocycles. The Morgan fingerprint density at radius 1 is 1.47 bits per heavy atom. The molecular weight excluding hydrogens is 214 g/mol. The minimum Gasteiger partial charge on any atom is -0.508 e. The fourth-order valence-electron chi connectivity index (χ4n) is 2.17. The summed E-state index contributed by atoms with van der Waals surface area (Å²) in [4.78, 5) is 2.36. The maximum Gasteiger partial charge on any atom is 0.127 e. The van der Waals surface area contributed by atoms with Crippen molar-refractivity contribution in [3.05, 3.63) is 23.8 Å². The van der Waals surface area contributed by atoms with Gasteiger partial charge >= 0.3 is 0 Å². The van der Waals surface area contributed by atoms with Crippen molar-refractivity contribution < 1.29 is 9.84 Å². The number of phenols is 1. The molecule has 1 unspecified atom stereocenters. The Kier molecular flexibility index (Phi) is 3.04. The normalized spacial score (nSPS) is 19.2. The van der Waals surface area contributed by atoms with Crippen LogP contribution in [-0.4, -0.2) is 29.2 Å². The van der Waals surface area contributed by atoms with Crippen LogP contribution in [0.15, 0.2) is 18.2 Å². The number of rotatable bonds is 3. The summed E-state index contributed by atoms with van der Waals surface area (Å²) in [5, 5.41) is 9.43. The molecule has 0 radical (unpaired) electrons. The standard InChI is InChI=1S/C14H21NO2/c1-5-14(2,3)15(4)12-9-17-13-8-10(16)6-7-11(12)13/h6-8,12,16H,5,9H2,1-4H3. The topological polar surface area (TPSA) is 32.7 Å². The monoisotopic (exact) mass is 235 g/mol. The summed E-state index contributed by atoms with van der Waals surface area (Å²) in [6, 6.07) is 5.67. The minimum atomic E-state index is 0.146. The van der Waals surface area contributed by atoms with Crippen molar-refractivity contribution in [1.82, 2.24) is 4.90 Å². The van der Waals surface area contributed by atoms with Crippen LogP contribution in [0.25, 0.3) is 0 Å². The zero-order valence-corrected chi connectivity index (χ0v) is 11.0. The van der Waals surface area contributed by atoms with Gasteiger partial charge in [0.25, 0.3) is 0 Å². The van der Waals surface area contributed by atoms with E-state index >= 15 is 0 Å². The Balaban J connectivity index is 2.28. The van der Waals surface area contributed by atoms with E-state index in [0.717, 1.165) is 12.2 Å². The van der Waals surface area contributed by atoms with Crippen LogP contribution in [0.1, 0.15) is 38.8 Å². The van der Waals surface area contributed by atoms with Gasteiger partial charge in [-0.3, -0.25) is 4.90 Å². The summed E-state index contributed by atoms with van der Waals surface area (Å²) >= 11 is 0. The second kappa shape index (κ2) is 4.22. The molecule has 1 aromatic carbocycles. The molecule has 1 aromatic rings. The summed E-state index contributed by atoms with van der Waals surface area (Å²) in [5.74, 6) is 1.08. The summed E-state index contributed by atoms with van der Waals surface area (Å²) < 4.78 is 5.65. The highest BCUT2D eigenvalue weighted by Gasteiger charge is 2.34. The molecular formula is C14H21NO2. The number of ether oxygens (including phenoxy) is 1. The van der Waals surface area contributed by atoms with E-state index in [4.69, 9.17) is 4.74 Å². The number of phenolic OH excluding ortho intramolecular Hbond substituents is 1. The van der Waals surface area contributed by atoms with Crippen molar-refractivity contribution in [2.24, 2.45) is 0 Å². The molecule has 3 nitrogen and oxygen atoms in total. The Morgan fingerprint density at radius 3 is 2.82 bits per heavy atom. The molecule has 0 spiro atoms. The van der Waals surface area contributed by atoms with Crippen LogP contribution in [0.4, 0.5) is 0 Å². The molecule has 0 fully saturated rings. The van der Waals surface area contributed by atoms with Crippen LogP contribution in [0.2, 0.25) is 0 Å². The number of aromatic hydroxyl groups is 1. The number of likely N-dealkylation sites (N-methyl/N-ethyl adjacent to an activating group) is 1. The van der Waals surface area contributed by atoms with Gasteiger partial charge < -0.3 is 9.84 Å². The first kappa shape index (κ1) is 12.2. The molecule has 0 bridgehead atoms. The predicted octanol–water partition coefficient (Wildman–Crippen LogP) is 2.95. The van der Waals surface area contributed by atoms with E-state index < -0.39 is 0 Å². The van der Waals surface area contributed by atoms with Crippen molar-refractivity contribution in [3.63, 3.8) is 0 Å². The lowest BCUT2D eigenvalue weighted by Crippen LogP contribution is -2.43. The third-order valence-corrected chi connectivity index (χ3v) is 4.04. The SMILES string of the molecule is CCC(C)(C)N(C)C1COc2cc(O)ccc21. The molecule has 1 atom stereocenters. The van der Waals surface area contributed by atoms with Crippen molar-refractivity contribution in [2.45, 2.75) is 38.8 Å². The first-order valence-electron chi connectivity index (χ1n) is 6.14. The maximum atomic E-state index is 9.43. The summed E-state index contributed by atoms with van der Waals surface area (Å²) in [5.41, 5.74) is 1.32. The van der Waals surface area contributed by atoms with Gasteiger partial charge in [-0.2, -0.15) is 0 Å². The second-order valence-corrected chi connectivity index (χ2v) is 5.33. The zero-order chi connectivity index (χ0) is 12.6. The fraction of sp³-hybridized carbons (Fsp3) is 0.571. The molecule has 0 saturated heterocycles. The Labute approximate surface area is 103 Å². The Morgan fingerprint density at radius 2 is 2.18 bits per heavy atom. The Bertz CT molecular complexity index is 415. The lowest BCUT2D eigenvalue weighted by Gasteiger charge is -2.38.